The zero-order chi connectivity index (χ0) is 16.1. The lowest BCUT2D eigenvalue weighted by Gasteiger charge is -2.03. The highest BCUT2D eigenvalue weighted by atomic mass is 35.5. The average Bonchev–Trinajstić information content (AvgIpc) is 2.55. The van der Waals surface area contributed by atoms with E-state index in [0.29, 0.717) is 10.7 Å². The molecular weight excluding hydrogens is 312 g/mol. The van der Waals surface area contributed by atoms with Gasteiger partial charge in [-0.2, -0.15) is 5.10 Å². The molecule has 2 aromatic carbocycles. The molecule has 5 nitrogen and oxygen atoms in total. The van der Waals surface area contributed by atoms with Crippen molar-refractivity contribution in [2.45, 2.75) is 0 Å². The zero-order valence-corrected chi connectivity index (χ0v) is 12.8. The third kappa shape index (κ3) is 4.05. The summed E-state index contributed by atoms with van der Waals surface area (Å²) in [6, 6.07) is 18.2. The molecule has 6 heteroatoms. The summed E-state index contributed by atoms with van der Waals surface area (Å²) in [5.74, 6) is 0.273. The van der Waals surface area contributed by atoms with Gasteiger partial charge in [0.1, 0.15) is 0 Å². The summed E-state index contributed by atoms with van der Waals surface area (Å²) in [5.41, 5.74) is 4.75. The summed E-state index contributed by atoms with van der Waals surface area (Å²) in [7, 11) is 0. The van der Waals surface area contributed by atoms with Crippen molar-refractivity contribution >= 4 is 23.8 Å². The van der Waals surface area contributed by atoms with E-state index in [9.17, 15) is 4.79 Å². The Morgan fingerprint density at radius 1 is 1.09 bits per heavy atom. The Balaban J connectivity index is 1.81. The van der Waals surface area contributed by atoms with Crippen LogP contribution in [0.2, 0.25) is 5.02 Å². The summed E-state index contributed by atoms with van der Waals surface area (Å²) in [6.07, 6.45) is 1.60. The van der Waals surface area contributed by atoms with Gasteiger partial charge in [0.15, 0.2) is 0 Å². The fourth-order valence-electron chi connectivity index (χ4n) is 2.02. The molecule has 2 N–H and O–H groups in total. The molecule has 0 radical (unpaired) electrons. The molecule has 1 aromatic heterocycles. The first kappa shape index (κ1) is 15.0. The molecule has 0 fully saturated rings. The molecule has 114 valence electrons. The number of aromatic nitrogens is 2. The number of halogens is 1. The monoisotopic (exact) mass is 324 g/mol. The molecule has 0 unspecified atom stereocenters. The van der Waals surface area contributed by atoms with Gasteiger partial charge in [0.25, 0.3) is 5.56 Å². The highest BCUT2D eigenvalue weighted by Crippen LogP contribution is 2.15. The van der Waals surface area contributed by atoms with E-state index < -0.39 is 0 Å². The van der Waals surface area contributed by atoms with E-state index >= 15 is 0 Å². The summed E-state index contributed by atoms with van der Waals surface area (Å²) in [6.45, 7) is 0. The lowest BCUT2D eigenvalue weighted by molar-refractivity contribution is 1.09. The lowest BCUT2D eigenvalue weighted by Crippen LogP contribution is -2.10. The van der Waals surface area contributed by atoms with E-state index in [1.165, 1.54) is 6.07 Å². The van der Waals surface area contributed by atoms with E-state index in [0.717, 1.165) is 11.1 Å². The molecule has 23 heavy (non-hydrogen) atoms. The third-order valence-corrected chi connectivity index (χ3v) is 3.28. The van der Waals surface area contributed by atoms with Crippen molar-refractivity contribution in [3.05, 3.63) is 81.6 Å². The SMILES string of the molecule is O=c1cc(-c2ccccc2)nc(N/N=C/c2cccc(Cl)c2)[nH]1. The molecule has 3 aromatic rings. The van der Waals surface area contributed by atoms with Gasteiger partial charge in [-0.3, -0.25) is 9.78 Å². The molecule has 0 aliphatic rings. The molecule has 1 heterocycles. The number of nitrogens with one attached hydrogen (secondary N) is 2. The van der Waals surface area contributed by atoms with Gasteiger partial charge in [-0.25, -0.2) is 10.4 Å². The van der Waals surface area contributed by atoms with Crippen molar-refractivity contribution < 1.29 is 0 Å². The Bertz CT molecular complexity index is 890. The number of H-pyrrole nitrogens is 1. The Morgan fingerprint density at radius 3 is 2.70 bits per heavy atom. The maximum Gasteiger partial charge on any atom is 0.252 e. The molecule has 0 bridgehead atoms. The fraction of sp³-hybridized carbons (Fsp3) is 0. The normalized spacial score (nSPS) is 10.8. The minimum Gasteiger partial charge on any atom is -0.291 e. The van der Waals surface area contributed by atoms with Crippen molar-refractivity contribution in [1.82, 2.24) is 9.97 Å². The van der Waals surface area contributed by atoms with Crippen LogP contribution in [-0.2, 0) is 0 Å². The number of aromatic amines is 1. The molecule has 0 aliphatic carbocycles. The van der Waals surface area contributed by atoms with Crippen molar-refractivity contribution in [1.29, 1.82) is 0 Å². The number of hydrogen-bond acceptors (Lipinski definition) is 4. The fourth-order valence-corrected chi connectivity index (χ4v) is 2.22. The van der Waals surface area contributed by atoms with Gasteiger partial charge in [0, 0.05) is 16.7 Å². The minimum atomic E-state index is -0.251. The number of benzene rings is 2. The van der Waals surface area contributed by atoms with Crippen LogP contribution in [0.4, 0.5) is 5.95 Å². The second-order valence-corrected chi connectivity index (χ2v) is 5.21. The van der Waals surface area contributed by atoms with E-state index in [1.807, 2.05) is 42.5 Å². The van der Waals surface area contributed by atoms with Gasteiger partial charge >= 0.3 is 0 Å². The quantitative estimate of drug-likeness (QED) is 0.569. The Hall–Kier alpha value is -2.92. The van der Waals surface area contributed by atoms with E-state index in [4.69, 9.17) is 11.6 Å². The summed E-state index contributed by atoms with van der Waals surface area (Å²) in [5, 5.41) is 4.69. The molecule has 0 saturated carbocycles. The number of anilines is 1. The van der Waals surface area contributed by atoms with Crippen LogP contribution in [0.3, 0.4) is 0 Å². The molecule has 3 rings (SSSR count). The first-order chi connectivity index (χ1) is 11.2. The zero-order valence-electron chi connectivity index (χ0n) is 12.0. The van der Waals surface area contributed by atoms with Gasteiger partial charge in [0.2, 0.25) is 5.95 Å². The number of hydrogen-bond donors (Lipinski definition) is 2. The van der Waals surface area contributed by atoms with Gasteiger partial charge in [0.05, 0.1) is 11.9 Å². The van der Waals surface area contributed by atoms with E-state index in [-0.39, 0.29) is 11.5 Å². The van der Waals surface area contributed by atoms with Crippen molar-refractivity contribution in [3.8, 4) is 11.3 Å². The Kier molecular flexibility index (Phi) is 4.49. The van der Waals surface area contributed by atoms with Crippen LogP contribution < -0.4 is 11.0 Å². The minimum absolute atomic E-state index is 0.251. The summed E-state index contributed by atoms with van der Waals surface area (Å²) < 4.78 is 0. The van der Waals surface area contributed by atoms with E-state index in [1.54, 1.807) is 18.3 Å². The highest BCUT2D eigenvalue weighted by Gasteiger charge is 2.02. The third-order valence-electron chi connectivity index (χ3n) is 3.04. The molecule has 0 saturated heterocycles. The van der Waals surface area contributed by atoms with Crippen molar-refractivity contribution in [3.63, 3.8) is 0 Å². The molecule has 0 amide bonds. The van der Waals surface area contributed by atoms with Crippen molar-refractivity contribution in [2.75, 3.05) is 5.43 Å². The van der Waals surface area contributed by atoms with Crippen LogP contribution in [0.1, 0.15) is 5.56 Å². The largest absolute Gasteiger partial charge is 0.291 e. The molecular formula is C17H13ClN4O. The Labute approximate surface area is 137 Å². The van der Waals surface area contributed by atoms with Crippen LogP contribution in [0.15, 0.2) is 70.6 Å². The highest BCUT2D eigenvalue weighted by molar-refractivity contribution is 6.30. The number of nitrogens with zero attached hydrogens (tertiary/aromatic N) is 2. The average molecular weight is 325 g/mol. The maximum atomic E-state index is 11.8. The summed E-state index contributed by atoms with van der Waals surface area (Å²) >= 11 is 5.91. The predicted molar refractivity (Wildman–Crippen MR) is 93.0 cm³/mol. The van der Waals surface area contributed by atoms with Gasteiger partial charge in [-0.15, -0.1) is 0 Å². The Morgan fingerprint density at radius 2 is 1.91 bits per heavy atom. The number of rotatable bonds is 4. The summed E-state index contributed by atoms with van der Waals surface area (Å²) in [4.78, 5) is 18.7. The van der Waals surface area contributed by atoms with Crippen LogP contribution in [-0.4, -0.2) is 16.2 Å². The van der Waals surface area contributed by atoms with Crippen molar-refractivity contribution in [2.24, 2.45) is 5.10 Å². The van der Waals surface area contributed by atoms with Gasteiger partial charge in [-0.05, 0) is 17.7 Å². The second kappa shape index (κ2) is 6.89. The van der Waals surface area contributed by atoms with Gasteiger partial charge in [-0.1, -0.05) is 54.1 Å². The van der Waals surface area contributed by atoms with Crippen LogP contribution in [0.25, 0.3) is 11.3 Å². The standard InChI is InChI=1S/C17H13ClN4O/c18-14-8-4-5-12(9-14)11-19-22-17-20-15(10-16(23)21-17)13-6-2-1-3-7-13/h1-11H,(H2,20,21,22,23)/b19-11+. The second-order valence-electron chi connectivity index (χ2n) is 4.77. The number of hydrazone groups is 1. The van der Waals surface area contributed by atoms with Crippen LogP contribution in [0, 0.1) is 0 Å². The molecule has 0 spiro atoms. The maximum absolute atomic E-state index is 11.8. The first-order valence-electron chi connectivity index (χ1n) is 6.92. The molecule has 0 atom stereocenters. The predicted octanol–water partition coefficient (Wildman–Crippen LogP) is 3.54. The van der Waals surface area contributed by atoms with E-state index in [2.05, 4.69) is 20.5 Å². The van der Waals surface area contributed by atoms with Gasteiger partial charge < -0.3 is 0 Å². The smallest absolute Gasteiger partial charge is 0.252 e. The topological polar surface area (TPSA) is 70.1 Å². The lowest BCUT2D eigenvalue weighted by atomic mass is 10.1. The first-order valence-corrected chi connectivity index (χ1v) is 7.30. The molecule has 0 aliphatic heterocycles. The van der Waals surface area contributed by atoms with Crippen LogP contribution in [0.5, 0.6) is 0 Å². The van der Waals surface area contributed by atoms with Crippen LogP contribution >= 0.6 is 11.6 Å².